The minimum atomic E-state index is 0.755. The summed E-state index contributed by atoms with van der Waals surface area (Å²) in [5, 5.41) is 2.50. The maximum atomic E-state index is 5.42. The fourth-order valence-electron chi connectivity index (χ4n) is 0.328. The standard InChI is InChI=1S/C6H9ClS/c1-2-8-6-4-3-5-7/h1H,3-6H2. The van der Waals surface area contributed by atoms with Crippen LogP contribution < -0.4 is 0 Å². The molecule has 0 atom stereocenters. The van der Waals surface area contributed by atoms with Gasteiger partial charge in [0.05, 0.1) is 0 Å². The van der Waals surface area contributed by atoms with Crippen molar-refractivity contribution in [3.05, 3.63) is 0 Å². The topological polar surface area (TPSA) is 0 Å². The first-order valence-electron chi connectivity index (χ1n) is 2.55. The third kappa shape index (κ3) is 6.20. The Morgan fingerprint density at radius 2 is 2.25 bits per heavy atom. The number of rotatable bonds is 4. The Kier molecular flexibility index (Phi) is 7.38. The van der Waals surface area contributed by atoms with Crippen LogP contribution in [-0.4, -0.2) is 11.6 Å². The molecule has 46 valence electrons. The molecule has 0 N–H and O–H groups in total. The fourth-order valence-corrected chi connectivity index (χ4v) is 0.983. The van der Waals surface area contributed by atoms with Crippen molar-refractivity contribution in [1.29, 1.82) is 0 Å². The molecule has 0 saturated heterocycles. The van der Waals surface area contributed by atoms with Gasteiger partial charge in [-0.2, -0.15) is 0 Å². The molecule has 0 aromatic heterocycles. The van der Waals surface area contributed by atoms with E-state index >= 15 is 0 Å². The van der Waals surface area contributed by atoms with E-state index in [1.54, 1.807) is 0 Å². The van der Waals surface area contributed by atoms with Crippen LogP contribution in [0.2, 0.25) is 0 Å². The lowest BCUT2D eigenvalue weighted by atomic mass is 10.4. The Bertz CT molecular complexity index is 75.1. The van der Waals surface area contributed by atoms with Crippen molar-refractivity contribution >= 4 is 23.4 Å². The van der Waals surface area contributed by atoms with Gasteiger partial charge in [-0.3, -0.25) is 0 Å². The summed E-state index contributed by atoms with van der Waals surface area (Å²) in [6.07, 6.45) is 7.21. The molecule has 0 aromatic carbocycles. The summed E-state index contributed by atoms with van der Waals surface area (Å²) in [5.41, 5.74) is 0. The van der Waals surface area contributed by atoms with Crippen molar-refractivity contribution < 1.29 is 0 Å². The molecule has 0 bridgehead atoms. The lowest BCUT2D eigenvalue weighted by Crippen LogP contribution is -1.78. The maximum Gasteiger partial charge on any atom is 0.0223 e. The largest absolute Gasteiger partial charge is 0.127 e. The Labute approximate surface area is 60.0 Å². The van der Waals surface area contributed by atoms with Crippen LogP contribution in [0.4, 0.5) is 0 Å². The van der Waals surface area contributed by atoms with Crippen molar-refractivity contribution in [2.75, 3.05) is 11.6 Å². The number of unbranched alkanes of at least 4 members (excludes halogenated alkanes) is 1. The first kappa shape index (κ1) is 8.20. The van der Waals surface area contributed by atoms with E-state index in [2.05, 4.69) is 5.25 Å². The van der Waals surface area contributed by atoms with Crippen LogP contribution in [0.25, 0.3) is 0 Å². The highest BCUT2D eigenvalue weighted by atomic mass is 35.5. The van der Waals surface area contributed by atoms with E-state index in [-0.39, 0.29) is 0 Å². The van der Waals surface area contributed by atoms with Crippen molar-refractivity contribution in [2.24, 2.45) is 0 Å². The number of terminal acetylenes is 1. The normalized spacial score (nSPS) is 8.50. The third-order valence-corrected chi connectivity index (χ3v) is 1.64. The second-order valence-corrected chi connectivity index (χ2v) is 2.67. The van der Waals surface area contributed by atoms with Gasteiger partial charge in [0, 0.05) is 11.6 Å². The molecule has 0 nitrogen and oxygen atoms in total. The molecule has 2 heteroatoms. The van der Waals surface area contributed by atoms with Crippen LogP contribution in [-0.2, 0) is 0 Å². The van der Waals surface area contributed by atoms with Crippen molar-refractivity contribution in [3.8, 4) is 11.7 Å². The summed E-state index contributed by atoms with van der Waals surface area (Å²) in [4.78, 5) is 0. The van der Waals surface area contributed by atoms with Gasteiger partial charge in [0.25, 0.3) is 0 Å². The maximum absolute atomic E-state index is 5.42. The third-order valence-electron chi connectivity index (χ3n) is 0.713. The van der Waals surface area contributed by atoms with Gasteiger partial charge in [0.2, 0.25) is 0 Å². The molecule has 0 unspecified atom stereocenters. The minimum Gasteiger partial charge on any atom is -0.127 e. The highest BCUT2D eigenvalue weighted by Crippen LogP contribution is 2.01. The van der Waals surface area contributed by atoms with Crippen molar-refractivity contribution in [1.82, 2.24) is 0 Å². The summed E-state index contributed by atoms with van der Waals surface area (Å²) < 4.78 is 0. The molecule has 0 aliphatic rings. The van der Waals surface area contributed by atoms with Crippen LogP contribution in [0.3, 0.4) is 0 Å². The van der Waals surface area contributed by atoms with Gasteiger partial charge in [0.1, 0.15) is 0 Å². The van der Waals surface area contributed by atoms with Crippen molar-refractivity contribution in [2.45, 2.75) is 12.8 Å². The molecular weight excluding hydrogens is 140 g/mol. The predicted octanol–water partition coefficient (Wildman–Crippen LogP) is 2.33. The van der Waals surface area contributed by atoms with Crippen LogP contribution in [0.15, 0.2) is 0 Å². The minimum absolute atomic E-state index is 0.755. The highest BCUT2D eigenvalue weighted by molar-refractivity contribution is 8.03. The van der Waals surface area contributed by atoms with Gasteiger partial charge in [-0.15, -0.1) is 18.0 Å². The van der Waals surface area contributed by atoms with Crippen LogP contribution in [0, 0.1) is 11.7 Å². The van der Waals surface area contributed by atoms with Gasteiger partial charge >= 0.3 is 0 Å². The van der Waals surface area contributed by atoms with Crippen molar-refractivity contribution in [3.63, 3.8) is 0 Å². The smallest absolute Gasteiger partial charge is 0.0223 e. The molecule has 0 aliphatic heterocycles. The summed E-state index contributed by atoms with van der Waals surface area (Å²) >= 11 is 6.94. The molecule has 0 aliphatic carbocycles. The van der Waals surface area contributed by atoms with Gasteiger partial charge < -0.3 is 0 Å². The number of thioether (sulfide) groups is 1. The first-order chi connectivity index (χ1) is 3.91. The summed E-state index contributed by atoms with van der Waals surface area (Å²) in [6, 6.07) is 0. The summed E-state index contributed by atoms with van der Waals surface area (Å²) in [7, 11) is 0. The lowest BCUT2D eigenvalue weighted by Gasteiger charge is -1.89. The first-order valence-corrected chi connectivity index (χ1v) is 4.07. The van der Waals surface area contributed by atoms with Crippen LogP contribution in [0.1, 0.15) is 12.8 Å². The summed E-state index contributed by atoms with van der Waals surface area (Å²) in [6.45, 7) is 0. The van der Waals surface area contributed by atoms with E-state index in [9.17, 15) is 0 Å². The van der Waals surface area contributed by atoms with E-state index in [4.69, 9.17) is 18.0 Å². The fraction of sp³-hybridized carbons (Fsp3) is 0.667. The molecule has 8 heavy (non-hydrogen) atoms. The predicted molar refractivity (Wildman–Crippen MR) is 41.2 cm³/mol. The number of halogens is 1. The molecule has 0 radical (unpaired) electrons. The van der Waals surface area contributed by atoms with E-state index in [1.807, 2.05) is 0 Å². The SMILES string of the molecule is C#CSCCCCCl. The number of alkyl halides is 1. The van der Waals surface area contributed by atoms with Gasteiger partial charge in [-0.1, -0.05) is 11.8 Å². The van der Waals surface area contributed by atoms with Crippen LogP contribution >= 0.6 is 23.4 Å². The molecule has 0 amide bonds. The molecule has 0 fully saturated rings. The zero-order chi connectivity index (χ0) is 6.24. The quantitative estimate of drug-likeness (QED) is 0.335. The second-order valence-electron chi connectivity index (χ2n) is 1.36. The molecule has 0 aromatic rings. The molecule has 0 rings (SSSR count). The lowest BCUT2D eigenvalue weighted by molar-refractivity contribution is 0.905. The van der Waals surface area contributed by atoms with E-state index < -0.39 is 0 Å². The zero-order valence-electron chi connectivity index (χ0n) is 4.69. The van der Waals surface area contributed by atoms with Gasteiger partial charge in [0.15, 0.2) is 0 Å². The Morgan fingerprint density at radius 3 is 2.75 bits per heavy atom. The van der Waals surface area contributed by atoms with Crippen LogP contribution in [0.5, 0.6) is 0 Å². The summed E-state index contributed by atoms with van der Waals surface area (Å²) in [5.74, 6) is 1.80. The van der Waals surface area contributed by atoms with E-state index in [0.717, 1.165) is 24.5 Å². The average molecular weight is 149 g/mol. The molecule has 0 spiro atoms. The van der Waals surface area contributed by atoms with E-state index in [1.165, 1.54) is 11.8 Å². The molecule has 0 saturated carbocycles. The average Bonchev–Trinajstić information content (AvgIpc) is 1.81. The Hall–Kier alpha value is 0.200. The molecular formula is C6H9ClS. The Morgan fingerprint density at radius 1 is 1.50 bits per heavy atom. The van der Waals surface area contributed by atoms with E-state index in [0.29, 0.717) is 0 Å². The number of hydrogen-bond donors (Lipinski definition) is 0. The number of hydrogen-bond acceptors (Lipinski definition) is 1. The highest BCUT2D eigenvalue weighted by Gasteiger charge is 1.83. The zero-order valence-corrected chi connectivity index (χ0v) is 6.26. The van der Waals surface area contributed by atoms with Gasteiger partial charge in [-0.25, -0.2) is 0 Å². The monoisotopic (exact) mass is 148 g/mol. The van der Waals surface area contributed by atoms with Gasteiger partial charge in [-0.05, 0) is 18.1 Å². The second kappa shape index (κ2) is 7.20. The molecule has 0 heterocycles. The Balaban J connectivity index is 2.65.